The number of nitrogens with zero attached hydrogens (tertiary/aromatic N) is 3. The minimum Gasteiger partial charge on any atom is -0.394 e. The predicted octanol–water partition coefficient (Wildman–Crippen LogP) is 0.779. The van der Waals surface area contributed by atoms with Gasteiger partial charge in [0.15, 0.2) is 0 Å². The SMILES string of the molecule is CC1=CC([C@H]2C[C@H](n3nncc3Cc3ccccc3)[C@@H](CO)O2)C(=O)NC1=O. The maximum absolute atomic E-state index is 12.3. The van der Waals surface area contributed by atoms with Crippen LogP contribution in [0.1, 0.15) is 30.6 Å². The Kier molecular flexibility index (Phi) is 5.06. The Bertz CT molecular complexity index is 908. The molecule has 2 N–H and O–H groups in total. The summed E-state index contributed by atoms with van der Waals surface area (Å²) >= 11 is 0. The van der Waals surface area contributed by atoms with E-state index < -0.39 is 18.1 Å². The summed E-state index contributed by atoms with van der Waals surface area (Å²) in [6, 6.07) is 9.75. The first kappa shape index (κ1) is 18.5. The first-order valence-corrected chi connectivity index (χ1v) is 9.29. The van der Waals surface area contributed by atoms with E-state index in [9.17, 15) is 14.7 Å². The second kappa shape index (κ2) is 7.65. The van der Waals surface area contributed by atoms with E-state index in [0.29, 0.717) is 18.4 Å². The minimum atomic E-state index is -0.571. The number of carbonyl (C=O) groups is 2. The van der Waals surface area contributed by atoms with Gasteiger partial charge < -0.3 is 9.84 Å². The van der Waals surface area contributed by atoms with Crippen molar-refractivity contribution >= 4 is 11.8 Å². The van der Waals surface area contributed by atoms with E-state index in [4.69, 9.17) is 4.74 Å². The van der Waals surface area contributed by atoms with Crippen molar-refractivity contribution in [3.63, 3.8) is 0 Å². The number of amides is 2. The van der Waals surface area contributed by atoms with E-state index in [0.717, 1.165) is 11.3 Å². The smallest absolute Gasteiger partial charge is 0.253 e. The second-order valence-corrected chi connectivity index (χ2v) is 7.22. The zero-order valence-electron chi connectivity index (χ0n) is 15.5. The van der Waals surface area contributed by atoms with Gasteiger partial charge in [-0.25, -0.2) is 4.68 Å². The molecule has 1 fully saturated rings. The number of benzene rings is 1. The number of aliphatic hydroxyl groups excluding tert-OH is 1. The third-order valence-corrected chi connectivity index (χ3v) is 5.35. The fourth-order valence-electron chi connectivity index (χ4n) is 3.88. The fourth-order valence-corrected chi connectivity index (χ4v) is 3.88. The molecule has 146 valence electrons. The summed E-state index contributed by atoms with van der Waals surface area (Å²) in [4.78, 5) is 23.9. The Morgan fingerprint density at radius 3 is 2.82 bits per heavy atom. The third kappa shape index (κ3) is 3.48. The number of hydrogen-bond donors (Lipinski definition) is 2. The number of aliphatic hydroxyl groups is 1. The molecule has 0 bridgehead atoms. The molecule has 0 spiro atoms. The first-order valence-electron chi connectivity index (χ1n) is 9.29. The Morgan fingerprint density at radius 2 is 2.07 bits per heavy atom. The summed E-state index contributed by atoms with van der Waals surface area (Å²) in [6.07, 6.45) is 3.57. The zero-order chi connectivity index (χ0) is 19.7. The molecule has 1 saturated heterocycles. The van der Waals surface area contributed by atoms with Gasteiger partial charge in [-0.05, 0) is 18.9 Å². The van der Waals surface area contributed by atoms with Crippen LogP contribution in [0, 0.1) is 5.92 Å². The number of ether oxygens (including phenoxy) is 1. The highest BCUT2D eigenvalue weighted by Gasteiger charge is 2.44. The maximum atomic E-state index is 12.3. The van der Waals surface area contributed by atoms with Crippen molar-refractivity contribution in [1.29, 1.82) is 0 Å². The maximum Gasteiger partial charge on any atom is 0.253 e. The molecule has 0 saturated carbocycles. The Hall–Kier alpha value is -2.84. The molecule has 3 heterocycles. The highest BCUT2D eigenvalue weighted by Crippen LogP contribution is 2.36. The van der Waals surface area contributed by atoms with Crippen LogP contribution in [-0.4, -0.2) is 50.7 Å². The van der Waals surface area contributed by atoms with Gasteiger partial charge >= 0.3 is 0 Å². The van der Waals surface area contributed by atoms with Crippen molar-refractivity contribution in [1.82, 2.24) is 20.3 Å². The number of aromatic nitrogens is 3. The Labute approximate surface area is 162 Å². The molecular weight excluding hydrogens is 360 g/mol. The summed E-state index contributed by atoms with van der Waals surface area (Å²) in [5.74, 6) is -1.32. The molecule has 2 aliphatic rings. The summed E-state index contributed by atoms with van der Waals surface area (Å²) < 4.78 is 7.78. The quantitative estimate of drug-likeness (QED) is 0.740. The minimum absolute atomic E-state index is 0.193. The Morgan fingerprint density at radius 1 is 1.29 bits per heavy atom. The van der Waals surface area contributed by atoms with Gasteiger partial charge in [0, 0.05) is 12.0 Å². The summed E-state index contributed by atoms with van der Waals surface area (Å²) in [7, 11) is 0. The van der Waals surface area contributed by atoms with E-state index in [1.54, 1.807) is 23.9 Å². The number of imide groups is 1. The van der Waals surface area contributed by atoms with Gasteiger partial charge in [-0.3, -0.25) is 14.9 Å². The van der Waals surface area contributed by atoms with Gasteiger partial charge in [-0.2, -0.15) is 0 Å². The normalized spacial score (nSPS) is 27.6. The molecule has 28 heavy (non-hydrogen) atoms. The van der Waals surface area contributed by atoms with Crippen LogP contribution < -0.4 is 5.32 Å². The molecular formula is C20H22N4O4. The van der Waals surface area contributed by atoms with E-state index in [1.807, 2.05) is 30.3 Å². The lowest BCUT2D eigenvalue weighted by atomic mass is 9.92. The van der Waals surface area contributed by atoms with E-state index in [-0.39, 0.29) is 24.5 Å². The first-order chi connectivity index (χ1) is 13.6. The number of carbonyl (C=O) groups excluding carboxylic acids is 2. The van der Waals surface area contributed by atoms with Gasteiger partial charge in [-0.15, -0.1) is 5.10 Å². The van der Waals surface area contributed by atoms with Crippen LogP contribution in [0.2, 0.25) is 0 Å². The van der Waals surface area contributed by atoms with Crippen molar-refractivity contribution in [3.05, 3.63) is 59.4 Å². The van der Waals surface area contributed by atoms with Crippen molar-refractivity contribution < 1.29 is 19.4 Å². The molecule has 4 atom stereocenters. The molecule has 2 aliphatic heterocycles. The van der Waals surface area contributed by atoms with Gasteiger partial charge in [0.05, 0.1) is 36.6 Å². The van der Waals surface area contributed by atoms with Crippen LogP contribution in [0.15, 0.2) is 48.2 Å². The average Bonchev–Trinajstić information content (AvgIpc) is 3.32. The van der Waals surface area contributed by atoms with Gasteiger partial charge in [-0.1, -0.05) is 41.6 Å². The molecule has 2 amide bonds. The van der Waals surface area contributed by atoms with Crippen LogP contribution >= 0.6 is 0 Å². The molecule has 0 radical (unpaired) electrons. The van der Waals surface area contributed by atoms with Crippen molar-refractivity contribution in [2.45, 2.75) is 38.0 Å². The molecule has 4 rings (SSSR count). The van der Waals surface area contributed by atoms with E-state index >= 15 is 0 Å². The van der Waals surface area contributed by atoms with Crippen molar-refractivity contribution in [2.75, 3.05) is 6.61 Å². The molecule has 1 aromatic carbocycles. The standard InChI is InChI=1S/C20H22N4O4/c1-12-7-15(20(27)22-19(12)26)17-9-16(18(11-25)28-17)24-14(10-21-23-24)8-13-5-3-2-4-6-13/h2-7,10,15-18,25H,8-9,11H2,1H3,(H,22,26,27)/t15?,16-,17+,18+/m0/s1. The van der Waals surface area contributed by atoms with Crippen molar-refractivity contribution in [2.24, 2.45) is 5.92 Å². The molecule has 0 aliphatic carbocycles. The molecule has 1 aromatic heterocycles. The molecule has 8 nitrogen and oxygen atoms in total. The van der Waals surface area contributed by atoms with Crippen LogP contribution in [0.25, 0.3) is 0 Å². The lowest BCUT2D eigenvalue weighted by molar-refractivity contribution is -0.134. The largest absolute Gasteiger partial charge is 0.394 e. The highest BCUT2D eigenvalue weighted by molar-refractivity contribution is 6.08. The van der Waals surface area contributed by atoms with Gasteiger partial charge in [0.2, 0.25) is 5.91 Å². The highest BCUT2D eigenvalue weighted by atomic mass is 16.5. The molecule has 2 aromatic rings. The Balaban J connectivity index is 1.57. The summed E-state index contributed by atoms with van der Waals surface area (Å²) in [5, 5.41) is 20.5. The lowest BCUT2D eigenvalue weighted by Gasteiger charge is -2.23. The second-order valence-electron chi connectivity index (χ2n) is 7.22. The average molecular weight is 382 g/mol. The molecule has 1 unspecified atom stereocenters. The number of hydrogen-bond acceptors (Lipinski definition) is 6. The summed E-state index contributed by atoms with van der Waals surface area (Å²) in [6.45, 7) is 1.47. The topological polar surface area (TPSA) is 106 Å². The predicted molar refractivity (Wildman–Crippen MR) is 99.1 cm³/mol. The number of rotatable bonds is 5. The van der Waals surface area contributed by atoms with Crippen molar-refractivity contribution in [3.8, 4) is 0 Å². The van der Waals surface area contributed by atoms with Gasteiger partial charge in [0.1, 0.15) is 6.10 Å². The fraction of sp³-hybridized carbons (Fsp3) is 0.400. The van der Waals surface area contributed by atoms with Gasteiger partial charge in [0.25, 0.3) is 5.91 Å². The lowest BCUT2D eigenvalue weighted by Crippen LogP contribution is -2.44. The number of nitrogens with one attached hydrogen (secondary N) is 1. The molecule has 8 heteroatoms. The monoisotopic (exact) mass is 382 g/mol. The third-order valence-electron chi connectivity index (χ3n) is 5.35. The van der Waals surface area contributed by atoms with Crippen LogP contribution in [0.4, 0.5) is 0 Å². The zero-order valence-corrected chi connectivity index (χ0v) is 15.5. The van der Waals surface area contributed by atoms with Crippen LogP contribution in [0.5, 0.6) is 0 Å². The van der Waals surface area contributed by atoms with Crippen LogP contribution in [0.3, 0.4) is 0 Å². The summed E-state index contributed by atoms with van der Waals surface area (Å²) in [5.41, 5.74) is 2.53. The van der Waals surface area contributed by atoms with Crippen LogP contribution in [-0.2, 0) is 20.7 Å². The van der Waals surface area contributed by atoms with E-state index in [1.165, 1.54) is 0 Å². The van der Waals surface area contributed by atoms with E-state index in [2.05, 4.69) is 15.6 Å².